The molecule has 26 heavy (non-hydrogen) atoms. The summed E-state index contributed by atoms with van der Waals surface area (Å²) in [5.41, 5.74) is 8.56. The Morgan fingerprint density at radius 2 is 1.92 bits per heavy atom. The summed E-state index contributed by atoms with van der Waals surface area (Å²) in [7, 11) is 0. The first-order valence-electron chi connectivity index (χ1n) is 8.29. The molecule has 8 nitrogen and oxygen atoms in total. The summed E-state index contributed by atoms with van der Waals surface area (Å²) in [6.45, 7) is 5.19. The molecule has 1 fully saturated rings. The second-order valence-corrected chi connectivity index (χ2v) is 9.05. The van der Waals surface area contributed by atoms with Crippen molar-refractivity contribution < 1.29 is 19.1 Å². The minimum atomic E-state index is -1.70. The largest absolute Gasteiger partial charge is 0.460 e. The Labute approximate surface area is 168 Å². The Kier molecular flexibility index (Phi) is 8.88. The van der Waals surface area contributed by atoms with Crippen molar-refractivity contribution in [1.29, 1.82) is 0 Å². The average Bonchev–Trinajstić information content (AvgIpc) is 2.57. The van der Waals surface area contributed by atoms with Crippen LogP contribution in [0.25, 0.3) is 0 Å². The summed E-state index contributed by atoms with van der Waals surface area (Å²) in [6.07, 6.45) is 1.06. The third-order valence-electron chi connectivity index (χ3n) is 3.87. The summed E-state index contributed by atoms with van der Waals surface area (Å²) >= 11 is 16.7. The van der Waals surface area contributed by atoms with Gasteiger partial charge >= 0.3 is 5.97 Å². The van der Waals surface area contributed by atoms with Gasteiger partial charge in [-0.2, -0.15) is 0 Å². The first-order valence-corrected chi connectivity index (χ1v) is 9.42. The SMILES string of the molecule is CC(C)[C@H](N)C(=O)N[C@@H](C)C(=O)N1CCC[C@@H](C(=O)OCC(Cl)(Cl)Cl)N1. The van der Waals surface area contributed by atoms with Crippen LogP contribution in [0.1, 0.15) is 33.6 Å². The standard InChI is InChI=1S/C15H25Cl3N4O4/c1-8(2)11(19)12(23)20-9(3)13(24)22-6-4-5-10(21-22)14(25)26-7-15(16,17)18/h8-11,21H,4-7,19H2,1-3H3,(H,20,23)/t9-,10-,11-/m0/s1. The molecular formula is C15H25Cl3N4O4. The molecule has 0 saturated carbocycles. The van der Waals surface area contributed by atoms with Gasteiger partial charge in [0.05, 0.1) is 6.04 Å². The van der Waals surface area contributed by atoms with E-state index in [1.165, 1.54) is 5.01 Å². The van der Waals surface area contributed by atoms with Gasteiger partial charge in [-0.05, 0) is 25.7 Å². The number of esters is 1. The molecule has 0 aliphatic carbocycles. The first kappa shape index (κ1) is 23.2. The van der Waals surface area contributed by atoms with Gasteiger partial charge in [-0.25, -0.2) is 5.43 Å². The van der Waals surface area contributed by atoms with Gasteiger partial charge in [-0.3, -0.25) is 19.4 Å². The van der Waals surface area contributed by atoms with E-state index >= 15 is 0 Å². The molecule has 0 spiro atoms. The van der Waals surface area contributed by atoms with Crippen molar-refractivity contribution in [3.05, 3.63) is 0 Å². The zero-order valence-corrected chi connectivity index (χ0v) is 17.2. The van der Waals surface area contributed by atoms with Gasteiger partial charge in [-0.1, -0.05) is 48.7 Å². The summed E-state index contributed by atoms with van der Waals surface area (Å²) in [5.74, 6) is -1.46. The molecule has 1 aliphatic heterocycles. The van der Waals surface area contributed by atoms with E-state index in [1.807, 2.05) is 13.8 Å². The van der Waals surface area contributed by atoms with E-state index in [4.69, 9.17) is 45.3 Å². The van der Waals surface area contributed by atoms with Crippen molar-refractivity contribution >= 4 is 52.6 Å². The summed E-state index contributed by atoms with van der Waals surface area (Å²) in [6, 6.07) is -2.24. The van der Waals surface area contributed by atoms with Crippen LogP contribution in [0.2, 0.25) is 0 Å². The molecule has 150 valence electrons. The number of hydrazine groups is 1. The average molecular weight is 432 g/mol. The Bertz CT molecular complexity index is 528. The number of rotatable bonds is 6. The molecule has 0 aromatic heterocycles. The number of hydrogen-bond donors (Lipinski definition) is 3. The number of amides is 2. The Hall–Kier alpha value is -0.800. The zero-order chi connectivity index (χ0) is 20.1. The second kappa shape index (κ2) is 9.94. The van der Waals surface area contributed by atoms with E-state index in [0.717, 1.165) is 0 Å². The van der Waals surface area contributed by atoms with Crippen LogP contribution in [0.4, 0.5) is 0 Å². The first-order chi connectivity index (χ1) is 11.9. The maximum absolute atomic E-state index is 12.5. The second-order valence-electron chi connectivity index (χ2n) is 6.54. The highest BCUT2D eigenvalue weighted by Gasteiger charge is 2.33. The van der Waals surface area contributed by atoms with Gasteiger partial charge in [0.1, 0.15) is 18.7 Å². The molecule has 0 aromatic rings. The maximum atomic E-state index is 12.5. The highest BCUT2D eigenvalue weighted by molar-refractivity contribution is 6.67. The van der Waals surface area contributed by atoms with Crippen LogP contribution in [-0.4, -0.2) is 57.9 Å². The van der Waals surface area contributed by atoms with Gasteiger partial charge in [0.2, 0.25) is 9.70 Å². The van der Waals surface area contributed by atoms with E-state index in [9.17, 15) is 14.4 Å². The van der Waals surface area contributed by atoms with Gasteiger partial charge < -0.3 is 15.8 Å². The van der Waals surface area contributed by atoms with Crippen LogP contribution < -0.4 is 16.5 Å². The minimum Gasteiger partial charge on any atom is -0.460 e. The smallest absolute Gasteiger partial charge is 0.325 e. The fourth-order valence-electron chi connectivity index (χ4n) is 2.28. The fraction of sp³-hybridized carbons (Fsp3) is 0.800. The van der Waals surface area contributed by atoms with Crippen LogP contribution in [0.3, 0.4) is 0 Å². The highest BCUT2D eigenvalue weighted by atomic mass is 35.6. The third-order valence-corrected chi connectivity index (χ3v) is 4.19. The minimum absolute atomic E-state index is 0.0533. The molecular weight excluding hydrogens is 407 g/mol. The molecule has 1 rings (SSSR count). The molecule has 1 heterocycles. The summed E-state index contributed by atoms with van der Waals surface area (Å²) in [5, 5.41) is 3.87. The molecule has 0 aromatic carbocycles. The monoisotopic (exact) mass is 430 g/mol. The lowest BCUT2D eigenvalue weighted by Crippen LogP contribution is -2.60. The van der Waals surface area contributed by atoms with Crippen molar-refractivity contribution in [2.75, 3.05) is 13.2 Å². The summed E-state index contributed by atoms with van der Waals surface area (Å²) < 4.78 is 3.23. The highest BCUT2D eigenvalue weighted by Crippen LogP contribution is 2.26. The van der Waals surface area contributed by atoms with Crippen molar-refractivity contribution in [3.8, 4) is 0 Å². The van der Waals surface area contributed by atoms with Crippen molar-refractivity contribution in [2.45, 2.75) is 55.5 Å². The number of hydrogen-bond acceptors (Lipinski definition) is 6. The van der Waals surface area contributed by atoms with Crippen LogP contribution in [0.15, 0.2) is 0 Å². The predicted molar refractivity (Wildman–Crippen MR) is 99.5 cm³/mol. The number of halogens is 3. The lowest BCUT2D eigenvalue weighted by atomic mass is 10.0. The third kappa shape index (κ3) is 7.44. The molecule has 2 amide bonds. The quantitative estimate of drug-likeness (QED) is 0.425. The van der Waals surface area contributed by atoms with Gasteiger partial charge in [0, 0.05) is 6.54 Å². The number of nitrogens with two attached hydrogens (primary N) is 1. The maximum Gasteiger partial charge on any atom is 0.325 e. The van der Waals surface area contributed by atoms with Gasteiger partial charge in [0.15, 0.2) is 0 Å². The molecule has 0 radical (unpaired) electrons. The fourth-order valence-corrected chi connectivity index (χ4v) is 2.44. The lowest BCUT2D eigenvalue weighted by molar-refractivity contribution is -0.152. The van der Waals surface area contributed by atoms with Crippen molar-refractivity contribution in [3.63, 3.8) is 0 Å². The van der Waals surface area contributed by atoms with Crippen LogP contribution >= 0.6 is 34.8 Å². The molecule has 1 aliphatic rings. The topological polar surface area (TPSA) is 114 Å². The van der Waals surface area contributed by atoms with E-state index in [-0.39, 0.29) is 18.4 Å². The van der Waals surface area contributed by atoms with Crippen LogP contribution in [-0.2, 0) is 19.1 Å². The number of alkyl halides is 3. The lowest BCUT2D eigenvalue weighted by Gasteiger charge is -2.34. The normalized spacial score (nSPS) is 20.5. The Balaban J connectivity index is 2.58. The number of carbonyl (C=O) groups excluding carboxylic acids is 3. The number of nitrogens with zero attached hydrogens (tertiary/aromatic N) is 1. The molecule has 11 heteroatoms. The molecule has 0 unspecified atom stereocenters. The zero-order valence-electron chi connectivity index (χ0n) is 14.9. The van der Waals surface area contributed by atoms with Crippen LogP contribution in [0.5, 0.6) is 0 Å². The van der Waals surface area contributed by atoms with E-state index < -0.39 is 33.8 Å². The number of nitrogens with one attached hydrogen (secondary N) is 2. The van der Waals surface area contributed by atoms with Crippen molar-refractivity contribution in [1.82, 2.24) is 15.8 Å². The summed E-state index contributed by atoms with van der Waals surface area (Å²) in [4.78, 5) is 36.5. The molecule has 4 N–H and O–H groups in total. The number of ether oxygens (including phenoxy) is 1. The number of carbonyl (C=O) groups is 3. The molecule has 1 saturated heterocycles. The van der Waals surface area contributed by atoms with Crippen molar-refractivity contribution in [2.24, 2.45) is 11.7 Å². The Morgan fingerprint density at radius 1 is 1.31 bits per heavy atom. The van der Waals surface area contributed by atoms with E-state index in [2.05, 4.69) is 10.7 Å². The van der Waals surface area contributed by atoms with Crippen LogP contribution in [0, 0.1) is 5.92 Å². The predicted octanol–water partition coefficient (Wildman–Crippen LogP) is 0.883. The van der Waals surface area contributed by atoms with E-state index in [1.54, 1.807) is 6.92 Å². The molecule has 3 atom stereocenters. The van der Waals surface area contributed by atoms with E-state index in [0.29, 0.717) is 19.4 Å². The molecule has 0 bridgehead atoms. The van der Waals surface area contributed by atoms with Gasteiger partial charge in [-0.15, -0.1) is 0 Å². The Morgan fingerprint density at radius 3 is 2.46 bits per heavy atom. The van der Waals surface area contributed by atoms with Gasteiger partial charge in [0.25, 0.3) is 5.91 Å².